The Morgan fingerprint density at radius 3 is 1.02 bits per heavy atom. The Labute approximate surface area is 247 Å². The van der Waals surface area contributed by atoms with Crippen molar-refractivity contribution in [2.75, 3.05) is 0 Å². The van der Waals surface area contributed by atoms with Gasteiger partial charge in [-0.3, -0.25) is 9.59 Å². The molecule has 2 aliphatic rings. The SMILES string of the molecule is O=C(O)C(F)(F)F.O=C(O)C(F)(F)F.O=C(O)C1CC(NCc2ccccc2)C1.O=C(O)C1CC(NCc2ccccc2)C1. The predicted molar refractivity (Wildman–Crippen MR) is 142 cm³/mol. The van der Waals surface area contributed by atoms with Crippen LogP contribution in [0.5, 0.6) is 0 Å². The summed E-state index contributed by atoms with van der Waals surface area (Å²) in [6.45, 7) is 1.66. The molecule has 2 aromatic carbocycles. The van der Waals surface area contributed by atoms with E-state index in [9.17, 15) is 35.9 Å². The molecule has 0 radical (unpaired) electrons. The Balaban J connectivity index is 0.000000314. The van der Waals surface area contributed by atoms with Gasteiger partial charge in [-0.15, -0.1) is 0 Å². The van der Waals surface area contributed by atoms with Crippen LogP contribution in [-0.4, -0.2) is 68.7 Å². The average Bonchev–Trinajstić information content (AvgIpc) is 2.88. The van der Waals surface area contributed by atoms with Crippen molar-refractivity contribution in [3.8, 4) is 0 Å². The summed E-state index contributed by atoms with van der Waals surface area (Å²) in [5.41, 5.74) is 2.49. The Bertz CT molecular complexity index is 1090. The van der Waals surface area contributed by atoms with Crippen LogP contribution in [-0.2, 0) is 32.3 Å². The Morgan fingerprint density at radius 2 is 0.818 bits per heavy atom. The zero-order valence-electron chi connectivity index (χ0n) is 23.0. The van der Waals surface area contributed by atoms with Gasteiger partial charge >= 0.3 is 36.2 Å². The molecule has 16 heteroatoms. The first-order chi connectivity index (χ1) is 20.4. The molecule has 44 heavy (non-hydrogen) atoms. The summed E-state index contributed by atoms with van der Waals surface area (Å²) in [6, 6.07) is 21.1. The highest BCUT2D eigenvalue weighted by molar-refractivity contribution is 5.73. The zero-order valence-corrected chi connectivity index (χ0v) is 23.0. The molecule has 2 aliphatic carbocycles. The third-order valence-corrected chi connectivity index (χ3v) is 6.33. The summed E-state index contributed by atoms with van der Waals surface area (Å²) in [4.78, 5) is 38.9. The molecule has 10 nitrogen and oxygen atoms in total. The number of nitrogens with one attached hydrogen (secondary N) is 2. The van der Waals surface area contributed by atoms with Gasteiger partial charge in [0.25, 0.3) is 0 Å². The minimum Gasteiger partial charge on any atom is -0.481 e. The number of carboxylic acid groups (broad SMARTS) is 4. The highest BCUT2D eigenvalue weighted by Gasteiger charge is 2.39. The fraction of sp³-hybridized carbons (Fsp3) is 0.429. The van der Waals surface area contributed by atoms with E-state index >= 15 is 0 Å². The van der Waals surface area contributed by atoms with Crippen LogP contribution in [0.3, 0.4) is 0 Å². The molecule has 0 saturated heterocycles. The topological polar surface area (TPSA) is 173 Å². The number of rotatable bonds is 8. The number of hydrogen-bond acceptors (Lipinski definition) is 6. The lowest BCUT2D eigenvalue weighted by atomic mass is 9.80. The maximum atomic E-state index is 10.6. The Hall–Kier alpha value is -4.18. The van der Waals surface area contributed by atoms with E-state index in [0.717, 1.165) is 38.8 Å². The van der Waals surface area contributed by atoms with Crippen molar-refractivity contribution in [1.82, 2.24) is 10.6 Å². The van der Waals surface area contributed by atoms with Crippen LogP contribution in [0, 0.1) is 11.8 Å². The molecule has 0 aromatic heterocycles. The average molecular weight is 639 g/mol. The van der Waals surface area contributed by atoms with Crippen molar-refractivity contribution in [2.24, 2.45) is 11.8 Å². The van der Waals surface area contributed by atoms with E-state index in [1.807, 2.05) is 36.4 Å². The molecule has 2 fully saturated rings. The van der Waals surface area contributed by atoms with Crippen LogP contribution >= 0.6 is 0 Å². The quantitative estimate of drug-likeness (QED) is 0.225. The lowest BCUT2D eigenvalue weighted by Crippen LogP contribution is -2.43. The van der Waals surface area contributed by atoms with Gasteiger partial charge < -0.3 is 31.1 Å². The van der Waals surface area contributed by atoms with Gasteiger partial charge in [0, 0.05) is 25.2 Å². The number of benzene rings is 2. The van der Waals surface area contributed by atoms with E-state index in [2.05, 4.69) is 34.9 Å². The zero-order chi connectivity index (χ0) is 33.5. The molecule has 0 atom stereocenters. The van der Waals surface area contributed by atoms with Gasteiger partial charge in [-0.25, -0.2) is 9.59 Å². The molecule has 0 aliphatic heterocycles. The lowest BCUT2D eigenvalue weighted by Gasteiger charge is -2.33. The van der Waals surface area contributed by atoms with E-state index in [1.165, 1.54) is 11.1 Å². The van der Waals surface area contributed by atoms with Crippen molar-refractivity contribution in [3.05, 3.63) is 71.8 Å². The second-order valence-corrected chi connectivity index (χ2v) is 9.75. The molecule has 6 N–H and O–H groups in total. The summed E-state index contributed by atoms with van der Waals surface area (Å²) in [5.74, 6) is -7.09. The second kappa shape index (κ2) is 17.8. The highest BCUT2D eigenvalue weighted by atomic mass is 19.4. The number of aliphatic carboxylic acids is 4. The fourth-order valence-electron chi connectivity index (χ4n) is 3.69. The van der Waals surface area contributed by atoms with E-state index in [-0.39, 0.29) is 11.8 Å². The number of hydrogen-bond donors (Lipinski definition) is 6. The van der Waals surface area contributed by atoms with E-state index in [0.29, 0.717) is 12.1 Å². The fourth-order valence-corrected chi connectivity index (χ4v) is 3.69. The van der Waals surface area contributed by atoms with Crippen molar-refractivity contribution in [3.63, 3.8) is 0 Å². The molecular formula is C28H32F6N2O8. The van der Waals surface area contributed by atoms with E-state index in [4.69, 9.17) is 30.0 Å². The highest BCUT2D eigenvalue weighted by Crippen LogP contribution is 2.28. The molecule has 0 bridgehead atoms. The summed E-state index contributed by atoms with van der Waals surface area (Å²) in [5, 5.41) is 38.4. The van der Waals surface area contributed by atoms with Crippen LogP contribution in [0.2, 0.25) is 0 Å². The van der Waals surface area contributed by atoms with Crippen LogP contribution < -0.4 is 10.6 Å². The van der Waals surface area contributed by atoms with Crippen molar-refractivity contribution in [2.45, 2.75) is 63.2 Å². The monoisotopic (exact) mass is 638 g/mol. The first-order valence-corrected chi connectivity index (χ1v) is 13.0. The van der Waals surface area contributed by atoms with Crippen LogP contribution in [0.4, 0.5) is 26.3 Å². The summed E-state index contributed by atoms with van der Waals surface area (Å²) in [7, 11) is 0. The van der Waals surface area contributed by atoms with Crippen molar-refractivity contribution in [1.29, 1.82) is 0 Å². The molecule has 0 amide bonds. The van der Waals surface area contributed by atoms with Gasteiger partial charge in [0.15, 0.2) is 0 Å². The minimum absolute atomic E-state index is 0.127. The van der Waals surface area contributed by atoms with Crippen LogP contribution in [0.15, 0.2) is 60.7 Å². The van der Waals surface area contributed by atoms with Gasteiger partial charge in [-0.2, -0.15) is 26.3 Å². The van der Waals surface area contributed by atoms with Gasteiger partial charge in [0.2, 0.25) is 0 Å². The normalized spacial score (nSPS) is 20.3. The molecule has 4 rings (SSSR count). The lowest BCUT2D eigenvalue weighted by molar-refractivity contribution is -0.193. The molecule has 0 spiro atoms. The van der Waals surface area contributed by atoms with Gasteiger partial charge in [-0.1, -0.05) is 60.7 Å². The number of carboxylic acids is 4. The first kappa shape index (κ1) is 37.8. The van der Waals surface area contributed by atoms with Crippen molar-refractivity contribution >= 4 is 23.9 Å². The van der Waals surface area contributed by atoms with Gasteiger partial charge in [0.1, 0.15) is 0 Å². The second-order valence-electron chi connectivity index (χ2n) is 9.75. The molecule has 2 aromatic rings. The summed E-state index contributed by atoms with van der Waals surface area (Å²) < 4.78 is 63.5. The third kappa shape index (κ3) is 15.3. The van der Waals surface area contributed by atoms with E-state index < -0.39 is 36.2 Å². The molecular weight excluding hydrogens is 606 g/mol. The summed E-state index contributed by atoms with van der Waals surface area (Å²) in [6.07, 6.45) is -7.10. The van der Waals surface area contributed by atoms with Crippen LogP contribution in [0.1, 0.15) is 36.8 Å². The Kier molecular flexibility index (Phi) is 15.3. The van der Waals surface area contributed by atoms with E-state index in [1.54, 1.807) is 0 Å². The predicted octanol–water partition coefficient (Wildman–Crippen LogP) is 4.55. The Morgan fingerprint density at radius 1 is 0.568 bits per heavy atom. The largest absolute Gasteiger partial charge is 0.490 e. The third-order valence-electron chi connectivity index (χ3n) is 6.33. The smallest absolute Gasteiger partial charge is 0.481 e. The maximum Gasteiger partial charge on any atom is 0.490 e. The van der Waals surface area contributed by atoms with Gasteiger partial charge in [-0.05, 0) is 36.8 Å². The minimum atomic E-state index is -5.08. The summed E-state index contributed by atoms with van der Waals surface area (Å²) >= 11 is 0. The number of carbonyl (C=O) groups is 4. The number of halogens is 6. The van der Waals surface area contributed by atoms with Crippen molar-refractivity contribution < 1.29 is 65.9 Å². The maximum absolute atomic E-state index is 10.6. The van der Waals surface area contributed by atoms with Gasteiger partial charge in [0.05, 0.1) is 11.8 Å². The molecule has 244 valence electrons. The standard InChI is InChI=1S/2C12H15NO2.2C2HF3O2/c2*14-12(15)10-6-11(7-10)13-8-9-4-2-1-3-5-9;2*3-2(4,5)1(6)7/h2*1-5,10-11,13H,6-8H2,(H,14,15);2*(H,6,7). The van der Waals surface area contributed by atoms with Crippen LogP contribution in [0.25, 0.3) is 0 Å². The molecule has 0 unspecified atom stereocenters. The first-order valence-electron chi connectivity index (χ1n) is 13.0. The molecule has 2 saturated carbocycles. The molecule has 0 heterocycles. The number of alkyl halides is 6.